The number of thiazole rings is 2. The Bertz CT molecular complexity index is 4390. The summed E-state index contributed by atoms with van der Waals surface area (Å²) in [7, 11) is 0. The predicted molar refractivity (Wildman–Crippen MR) is 396 cm³/mol. The van der Waals surface area contributed by atoms with Crippen LogP contribution in [0.2, 0.25) is 0 Å². The van der Waals surface area contributed by atoms with Gasteiger partial charge in [0.1, 0.15) is 80.2 Å². The Morgan fingerprint density at radius 3 is 1.00 bits per heavy atom. The first kappa shape index (κ1) is 78.8. The van der Waals surface area contributed by atoms with E-state index in [-0.39, 0.29) is 97.0 Å². The molecule has 8 aromatic rings. The average molecular weight is 1470 g/mol. The lowest BCUT2D eigenvalue weighted by Crippen LogP contribution is -2.56. The summed E-state index contributed by atoms with van der Waals surface area (Å²) >= 11 is 2.95. The lowest BCUT2D eigenvalue weighted by Gasteiger charge is -2.39. The van der Waals surface area contributed by atoms with Gasteiger partial charge in [-0.25, -0.2) is 34.7 Å². The van der Waals surface area contributed by atoms with Gasteiger partial charge in [-0.3, -0.25) is 43.5 Å². The van der Waals surface area contributed by atoms with Crippen molar-refractivity contribution in [3.05, 3.63) is 185 Å². The molecule has 27 heteroatoms. The van der Waals surface area contributed by atoms with E-state index in [4.69, 9.17) is 23.7 Å². The molecule has 105 heavy (non-hydrogen) atoms. The summed E-state index contributed by atoms with van der Waals surface area (Å²) in [5.74, 6) is 2.91. The number of pyridine rings is 6. The third-order valence-corrected chi connectivity index (χ3v) is 18.7. The zero-order valence-corrected chi connectivity index (χ0v) is 63.6. The minimum atomic E-state index is -0.326. The SMILES string of the molecule is CCC(=O)N1CC(Oc2cc(C)nc(C(=O)Cc3ccc(C)cn3)c2)C1.CCC(=O)N1CC(Oc2cc(C)nc(C(=O)Cc3nc(C)cs3)c2)C1.CCOC(=O)N1CC(Oc2cc(C)nc(C(=O)Cc3nc(C)cs3)c2)C1.Cc1ccc(CC(=O)c2cc(OC3CN(C(=O)CC(C)C)C3)cc(C)n2)nc1. The summed E-state index contributed by atoms with van der Waals surface area (Å²) in [6.07, 6.45) is 5.44. The Balaban J connectivity index is 0.000000162. The van der Waals surface area contributed by atoms with Gasteiger partial charge in [0.15, 0.2) is 23.1 Å². The first-order valence-electron chi connectivity index (χ1n) is 35.3. The number of carbonyl (C=O) groups excluding carboxylic acids is 8. The van der Waals surface area contributed by atoms with Crippen molar-refractivity contribution in [2.45, 2.75) is 159 Å². The van der Waals surface area contributed by atoms with Crippen LogP contribution in [0.4, 0.5) is 4.79 Å². The molecule has 8 aromatic heterocycles. The number of ketones is 4. The topological polar surface area (TPSA) is 299 Å². The van der Waals surface area contributed by atoms with E-state index in [1.807, 2.05) is 141 Å². The molecule has 0 atom stereocenters. The maximum Gasteiger partial charge on any atom is 0.410 e. The molecular formula is C78H92N12O13S2. The molecule has 0 aliphatic carbocycles. The predicted octanol–water partition coefficient (Wildman–Crippen LogP) is 11.1. The van der Waals surface area contributed by atoms with E-state index >= 15 is 0 Å². The fourth-order valence-electron chi connectivity index (χ4n) is 11.3. The van der Waals surface area contributed by atoms with Crippen LogP contribution in [0.25, 0.3) is 0 Å². The van der Waals surface area contributed by atoms with Crippen molar-refractivity contribution < 1.29 is 62.0 Å². The third-order valence-electron chi connectivity index (χ3n) is 16.8. The number of rotatable bonds is 25. The highest BCUT2D eigenvalue weighted by Gasteiger charge is 2.36. The van der Waals surface area contributed by atoms with Gasteiger partial charge < -0.3 is 43.3 Å². The first-order valence-corrected chi connectivity index (χ1v) is 37.0. The highest BCUT2D eigenvalue weighted by Crippen LogP contribution is 2.27. The monoisotopic (exact) mass is 1470 g/mol. The molecule has 0 radical (unpaired) electrons. The molecule has 4 amide bonds. The number of likely N-dealkylation sites (tertiary alicyclic amines) is 4. The minimum Gasteiger partial charge on any atom is -0.487 e. The average Bonchev–Trinajstić information content (AvgIpc) is 1.64. The zero-order chi connectivity index (χ0) is 75.6. The van der Waals surface area contributed by atoms with Crippen molar-refractivity contribution in [1.29, 1.82) is 0 Å². The lowest BCUT2D eigenvalue weighted by molar-refractivity contribution is -0.141. The van der Waals surface area contributed by atoms with E-state index < -0.39 is 0 Å². The van der Waals surface area contributed by atoms with Crippen molar-refractivity contribution in [2.75, 3.05) is 59.0 Å². The van der Waals surface area contributed by atoms with E-state index in [1.165, 1.54) is 22.7 Å². The first-order chi connectivity index (χ1) is 50.1. The fourth-order valence-corrected chi connectivity index (χ4v) is 12.8. The smallest absolute Gasteiger partial charge is 0.410 e. The minimum absolute atomic E-state index is 0.0261. The van der Waals surface area contributed by atoms with Gasteiger partial charge in [-0.15, -0.1) is 22.7 Å². The molecule has 0 aromatic carbocycles. The van der Waals surface area contributed by atoms with Gasteiger partial charge >= 0.3 is 6.09 Å². The van der Waals surface area contributed by atoms with Gasteiger partial charge in [-0.2, -0.15) is 0 Å². The number of aromatic nitrogens is 8. The Morgan fingerprint density at radius 1 is 0.410 bits per heavy atom. The van der Waals surface area contributed by atoms with E-state index in [2.05, 4.69) is 39.9 Å². The standard InChI is InChI=1S/C22H27N3O3.C20H23N3O3.C18H21N3O4S.C18H21N3O3S/c1-14(2)7-22(27)25-12-19(13-25)28-18-8-16(4)24-20(10-18)21(26)9-17-6-5-15(3)11-23-17;1-4-20(25)23-11-17(12-23)26-16-7-14(3)22-18(9-16)19(24)8-15-6-5-13(2)10-21-15;1-4-24-18(23)21-8-14(9-21)25-13-5-11(2)19-15(6-13)16(22)7-17-20-12(3)10-26-17;1-4-18(23)21-8-14(9-21)24-13-5-11(2)19-15(6-13)16(22)7-17-20-12(3)10-25-17/h5-6,8,10-11,14,19H,7,9,12-13H2,1-4H3;5-7,9-10,17H,4,8,11-12H2,1-3H3;5-6,10,14H,4,7-9H2,1-3H3;5-6,10,14H,4,7-9H2,1-3H3. The number of hydrogen-bond donors (Lipinski definition) is 0. The molecule has 4 aliphatic rings. The molecule has 0 saturated carbocycles. The molecule has 554 valence electrons. The highest BCUT2D eigenvalue weighted by molar-refractivity contribution is 7.10. The number of ether oxygens (including phenoxy) is 5. The molecule has 12 rings (SSSR count). The van der Waals surface area contributed by atoms with Crippen LogP contribution in [0.15, 0.2) is 96.0 Å². The van der Waals surface area contributed by atoms with Gasteiger partial charge in [0.25, 0.3) is 0 Å². The van der Waals surface area contributed by atoms with Crippen LogP contribution in [-0.2, 0) is 44.8 Å². The van der Waals surface area contributed by atoms with Crippen LogP contribution < -0.4 is 18.9 Å². The lowest BCUT2D eigenvalue weighted by atomic mass is 10.1. The Kier molecular flexibility index (Phi) is 27.7. The fraction of sp³-hybridized carbons (Fsp3) is 0.436. The summed E-state index contributed by atoms with van der Waals surface area (Å²) in [5, 5.41) is 5.43. The molecule has 4 saturated heterocycles. The van der Waals surface area contributed by atoms with Crippen LogP contribution >= 0.6 is 22.7 Å². The second-order valence-corrected chi connectivity index (χ2v) is 28.8. The molecule has 4 aliphatic heterocycles. The number of amides is 4. The Labute approximate surface area is 620 Å². The maximum absolute atomic E-state index is 12.6. The maximum atomic E-state index is 12.6. The number of Topliss-reactive ketones (excluding diaryl/α,β-unsaturated/α-hetero) is 4. The van der Waals surface area contributed by atoms with Gasteiger partial charge in [-0.05, 0) is 91.5 Å². The second-order valence-electron chi connectivity index (χ2n) is 26.9. The third kappa shape index (κ3) is 23.6. The van der Waals surface area contributed by atoms with Crippen molar-refractivity contribution in [2.24, 2.45) is 5.92 Å². The summed E-state index contributed by atoms with van der Waals surface area (Å²) in [6, 6.07) is 21.5. The summed E-state index contributed by atoms with van der Waals surface area (Å²) < 4.78 is 28.6. The van der Waals surface area contributed by atoms with Crippen molar-refractivity contribution >= 4 is 69.6 Å². The van der Waals surface area contributed by atoms with Gasteiger partial charge in [0.2, 0.25) is 17.7 Å². The molecule has 0 bridgehead atoms. The van der Waals surface area contributed by atoms with Crippen LogP contribution in [0.1, 0.15) is 163 Å². The van der Waals surface area contributed by atoms with Crippen LogP contribution in [0, 0.1) is 61.3 Å². The van der Waals surface area contributed by atoms with Crippen molar-refractivity contribution in [3.63, 3.8) is 0 Å². The summed E-state index contributed by atoms with van der Waals surface area (Å²) in [5.41, 5.74) is 9.81. The summed E-state index contributed by atoms with van der Waals surface area (Å²) in [4.78, 5) is 138. The van der Waals surface area contributed by atoms with Gasteiger partial charge in [-0.1, -0.05) is 39.8 Å². The van der Waals surface area contributed by atoms with E-state index in [1.54, 1.807) is 64.3 Å². The Morgan fingerprint density at radius 2 is 0.724 bits per heavy atom. The quantitative estimate of drug-likeness (QED) is 0.0480. The number of aryl methyl sites for hydroxylation is 8. The Hall–Kier alpha value is -10.3. The van der Waals surface area contributed by atoms with E-state index in [9.17, 15) is 38.4 Å². The van der Waals surface area contributed by atoms with Crippen LogP contribution in [0.3, 0.4) is 0 Å². The number of carbonyl (C=O) groups is 8. The van der Waals surface area contributed by atoms with Gasteiger partial charge in [0, 0.05) is 136 Å². The molecule has 12 heterocycles. The zero-order valence-electron chi connectivity index (χ0n) is 61.9. The molecular weight excluding hydrogens is 1380 g/mol. The largest absolute Gasteiger partial charge is 0.487 e. The molecule has 0 unspecified atom stereocenters. The molecule has 0 spiro atoms. The number of nitrogens with zero attached hydrogens (tertiary/aromatic N) is 12. The highest BCUT2D eigenvalue weighted by atomic mass is 32.1. The number of hydrogen-bond acceptors (Lipinski definition) is 23. The molecule has 0 N–H and O–H groups in total. The van der Waals surface area contributed by atoms with Gasteiger partial charge in [0.05, 0.1) is 84.6 Å². The van der Waals surface area contributed by atoms with E-state index in [0.29, 0.717) is 136 Å². The van der Waals surface area contributed by atoms with Crippen LogP contribution in [-0.4, -0.2) is 190 Å². The van der Waals surface area contributed by atoms with Crippen molar-refractivity contribution in [3.8, 4) is 23.0 Å². The van der Waals surface area contributed by atoms with Crippen molar-refractivity contribution in [1.82, 2.24) is 59.5 Å². The molecule has 4 fully saturated rings. The molecule has 25 nitrogen and oxygen atoms in total. The van der Waals surface area contributed by atoms with E-state index in [0.717, 1.165) is 61.0 Å². The summed E-state index contributed by atoms with van der Waals surface area (Å²) in [6.45, 7) is 29.5. The van der Waals surface area contributed by atoms with Crippen LogP contribution in [0.5, 0.6) is 23.0 Å². The normalized spacial score (nSPS) is 14.1. The second kappa shape index (κ2) is 36.9.